The van der Waals surface area contributed by atoms with Crippen molar-refractivity contribution in [1.29, 1.82) is 0 Å². The fourth-order valence-electron chi connectivity index (χ4n) is 4.52. The number of Topliss-reactive ketones (excluding diaryl/α,β-unsaturated/α-hetero) is 1. The predicted octanol–water partition coefficient (Wildman–Crippen LogP) is 3.62. The maximum absolute atomic E-state index is 13.4. The Hall–Kier alpha value is -5.20. The number of hydrogen-bond acceptors (Lipinski definition) is 8. The number of aromatic amines is 1. The van der Waals surface area contributed by atoms with Crippen molar-refractivity contribution in [3.05, 3.63) is 84.4 Å². The number of ketones is 1. The molecule has 1 atom stereocenters. The van der Waals surface area contributed by atoms with Gasteiger partial charge in [-0.3, -0.25) is 9.59 Å². The highest BCUT2D eigenvalue weighted by Gasteiger charge is 2.25. The molecular weight excluding hydrogens is 515 g/mol. The smallest absolute Gasteiger partial charge is 0.295 e. The van der Waals surface area contributed by atoms with Crippen LogP contribution in [0.25, 0.3) is 22.5 Å². The molecule has 5 rings (SSSR count). The number of carbonyl (C=O) groups is 2. The standard InChI is InChI=1S/C27H27FN10O2/c1-4-11-36(27(40)25-30-15-31-35-25)16(2)5-10-22-23(17(3)39)24(29)38-26(34-22)21(13-33-38)18-12-32-37(14-18)20-8-6-19(28)7-9-20/h4,6-9,11-16H,5,10,29H2,1-3H3,(H,30,31,35)/b11-4-/t16-/m1/s1. The summed E-state index contributed by atoms with van der Waals surface area (Å²) in [5.41, 5.74) is 9.77. The van der Waals surface area contributed by atoms with Gasteiger partial charge in [-0.05, 0) is 57.9 Å². The summed E-state index contributed by atoms with van der Waals surface area (Å²) in [6.45, 7) is 5.15. The number of fused-ring (bicyclic) bond motifs is 1. The van der Waals surface area contributed by atoms with Crippen LogP contribution in [0.1, 0.15) is 53.9 Å². The van der Waals surface area contributed by atoms with Crippen molar-refractivity contribution in [1.82, 2.24) is 44.5 Å². The number of nitrogens with zero attached hydrogens (tertiary/aromatic N) is 8. The topological polar surface area (TPSA) is 153 Å². The molecule has 1 amide bonds. The summed E-state index contributed by atoms with van der Waals surface area (Å²) in [6.07, 6.45) is 10.7. The third-order valence-corrected chi connectivity index (χ3v) is 6.53. The second-order valence-corrected chi connectivity index (χ2v) is 9.24. The first-order chi connectivity index (χ1) is 19.3. The van der Waals surface area contributed by atoms with Crippen LogP contribution in [0, 0.1) is 5.82 Å². The number of halogens is 1. The van der Waals surface area contributed by atoms with Gasteiger partial charge in [-0.15, -0.1) is 10.2 Å². The van der Waals surface area contributed by atoms with E-state index in [4.69, 9.17) is 10.7 Å². The molecule has 5 aromatic rings. The van der Waals surface area contributed by atoms with Crippen molar-refractivity contribution in [3.63, 3.8) is 0 Å². The fourth-order valence-corrected chi connectivity index (χ4v) is 4.52. The average Bonchev–Trinajstić information content (AvgIpc) is 3.71. The molecule has 0 unspecified atom stereocenters. The largest absolute Gasteiger partial charge is 0.383 e. The molecule has 1 aromatic carbocycles. The molecule has 0 radical (unpaired) electrons. The van der Waals surface area contributed by atoms with E-state index in [0.717, 1.165) is 5.56 Å². The SMILES string of the molecule is C/C=C\N(C(=O)c1nnc[nH]1)[C@H](C)CCc1nc2c(-c3cnn(-c4ccc(F)cc4)c3)cnn2c(N)c1C(C)=O. The van der Waals surface area contributed by atoms with E-state index in [2.05, 4.69) is 25.4 Å². The van der Waals surface area contributed by atoms with Crippen molar-refractivity contribution in [2.75, 3.05) is 5.73 Å². The monoisotopic (exact) mass is 542 g/mol. The molecular formula is C27H27FN10O2. The van der Waals surface area contributed by atoms with Gasteiger partial charge in [0, 0.05) is 29.6 Å². The molecule has 0 spiro atoms. The van der Waals surface area contributed by atoms with Crippen LogP contribution in [0.4, 0.5) is 10.2 Å². The highest BCUT2D eigenvalue weighted by Crippen LogP contribution is 2.29. The molecule has 0 fully saturated rings. The number of H-pyrrole nitrogens is 1. The molecule has 0 saturated carbocycles. The second kappa shape index (κ2) is 10.9. The molecule has 0 aliphatic rings. The van der Waals surface area contributed by atoms with Crippen LogP contribution in [-0.2, 0) is 6.42 Å². The molecule has 3 N–H and O–H groups in total. The number of nitrogen functional groups attached to an aromatic ring is 1. The molecule has 204 valence electrons. The van der Waals surface area contributed by atoms with Gasteiger partial charge in [-0.25, -0.2) is 14.1 Å². The molecule has 0 aliphatic carbocycles. The quantitative estimate of drug-likeness (QED) is 0.268. The predicted molar refractivity (Wildman–Crippen MR) is 145 cm³/mol. The number of nitrogens with two attached hydrogens (primary N) is 1. The first-order valence-corrected chi connectivity index (χ1v) is 12.6. The number of allylic oxidation sites excluding steroid dienone is 1. The molecule has 0 bridgehead atoms. The Labute approximate surface area is 228 Å². The molecule has 0 saturated heterocycles. The first-order valence-electron chi connectivity index (χ1n) is 12.6. The first kappa shape index (κ1) is 26.4. The van der Waals surface area contributed by atoms with Crippen molar-refractivity contribution in [3.8, 4) is 16.8 Å². The zero-order chi connectivity index (χ0) is 28.4. The average molecular weight is 543 g/mol. The van der Waals surface area contributed by atoms with Gasteiger partial charge in [0.1, 0.15) is 18.0 Å². The van der Waals surface area contributed by atoms with Gasteiger partial charge < -0.3 is 15.6 Å². The Balaban J connectivity index is 1.47. The number of benzene rings is 1. The highest BCUT2D eigenvalue weighted by atomic mass is 19.1. The zero-order valence-electron chi connectivity index (χ0n) is 22.1. The molecule has 0 aliphatic heterocycles. The normalized spacial score (nSPS) is 12.3. The van der Waals surface area contributed by atoms with Gasteiger partial charge in [0.25, 0.3) is 5.91 Å². The van der Waals surface area contributed by atoms with E-state index in [9.17, 15) is 14.0 Å². The van der Waals surface area contributed by atoms with E-state index in [-0.39, 0.29) is 40.8 Å². The van der Waals surface area contributed by atoms with Gasteiger partial charge in [0.2, 0.25) is 5.82 Å². The van der Waals surface area contributed by atoms with Crippen molar-refractivity contribution in [2.45, 2.75) is 39.7 Å². The third kappa shape index (κ3) is 4.96. The number of carbonyl (C=O) groups excluding carboxylic acids is 2. The summed E-state index contributed by atoms with van der Waals surface area (Å²) in [6, 6.07) is 5.72. The molecule has 13 heteroatoms. The maximum atomic E-state index is 13.4. The van der Waals surface area contributed by atoms with Gasteiger partial charge in [-0.2, -0.15) is 14.7 Å². The van der Waals surface area contributed by atoms with Gasteiger partial charge >= 0.3 is 0 Å². The third-order valence-electron chi connectivity index (χ3n) is 6.53. The minimum atomic E-state index is -0.335. The summed E-state index contributed by atoms with van der Waals surface area (Å²) in [4.78, 5) is 34.7. The number of rotatable bonds is 9. The van der Waals surface area contributed by atoms with E-state index in [1.54, 1.807) is 52.6 Å². The van der Waals surface area contributed by atoms with Crippen LogP contribution < -0.4 is 5.73 Å². The minimum absolute atomic E-state index is 0.128. The summed E-state index contributed by atoms with van der Waals surface area (Å²) in [5, 5.41) is 16.3. The Morgan fingerprint density at radius 1 is 1.20 bits per heavy atom. The van der Waals surface area contributed by atoms with E-state index < -0.39 is 0 Å². The van der Waals surface area contributed by atoms with Gasteiger partial charge in [0.15, 0.2) is 11.4 Å². The lowest BCUT2D eigenvalue weighted by Gasteiger charge is -2.25. The van der Waals surface area contributed by atoms with Crippen LogP contribution in [0.2, 0.25) is 0 Å². The molecule has 40 heavy (non-hydrogen) atoms. The van der Waals surface area contributed by atoms with Crippen LogP contribution in [0.3, 0.4) is 0 Å². The van der Waals surface area contributed by atoms with E-state index in [1.165, 1.54) is 29.9 Å². The van der Waals surface area contributed by atoms with Gasteiger partial charge in [-0.1, -0.05) is 6.08 Å². The maximum Gasteiger partial charge on any atom is 0.295 e. The van der Waals surface area contributed by atoms with E-state index in [1.807, 2.05) is 13.8 Å². The Bertz CT molecular complexity index is 1700. The zero-order valence-corrected chi connectivity index (χ0v) is 22.1. The lowest BCUT2D eigenvalue weighted by molar-refractivity contribution is 0.0760. The molecule has 4 aromatic heterocycles. The minimum Gasteiger partial charge on any atom is -0.383 e. The Morgan fingerprint density at radius 2 is 1.98 bits per heavy atom. The summed E-state index contributed by atoms with van der Waals surface area (Å²) in [7, 11) is 0. The fraction of sp³-hybridized carbons (Fsp3) is 0.222. The lowest BCUT2D eigenvalue weighted by Crippen LogP contribution is -2.35. The number of hydrogen-bond donors (Lipinski definition) is 2. The second-order valence-electron chi connectivity index (χ2n) is 9.24. The van der Waals surface area contributed by atoms with Crippen molar-refractivity contribution in [2.24, 2.45) is 0 Å². The molecule has 4 heterocycles. The van der Waals surface area contributed by atoms with Crippen LogP contribution in [0.5, 0.6) is 0 Å². The van der Waals surface area contributed by atoms with Gasteiger partial charge in [0.05, 0.1) is 29.3 Å². The number of amides is 1. The van der Waals surface area contributed by atoms with Crippen molar-refractivity contribution < 1.29 is 14.0 Å². The Kier molecular flexibility index (Phi) is 7.19. The highest BCUT2D eigenvalue weighted by molar-refractivity contribution is 6.00. The molecule has 12 nitrogen and oxygen atoms in total. The van der Waals surface area contributed by atoms with Crippen LogP contribution in [0.15, 0.2) is 61.5 Å². The Morgan fingerprint density at radius 3 is 2.65 bits per heavy atom. The summed E-state index contributed by atoms with van der Waals surface area (Å²) >= 11 is 0. The number of nitrogens with one attached hydrogen (secondary N) is 1. The summed E-state index contributed by atoms with van der Waals surface area (Å²) in [5.74, 6) is -0.589. The summed E-state index contributed by atoms with van der Waals surface area (Å²) < 4.78 is 16.4. The van der Waals surface area contributed by atoms with Crippen molar-refractivity contribution >= 4 is 23.2 Å². The number of aromatic nitrogens is 8. The van der Waals surface area contributed by atoms with Crippen LogP contribution >= 0.6 is 0 Å². The van der Waals surface area contributed by atoms with E-state index in [0.29, 0.717) is 35.4 Å². The number of anilines is 1. The lowest BCUT2D eigenvalue weighted by atomic mass is 10.0. The van der Waals surface area contributed by atoms with Crippen LogP contribution in [-0.4, -0.2) is 62.2 Å². The number of aryl methyl sites for hydroxylation is 1. The van der Waals surface area contributed by atoms with E-state index >= 15 is 0 Å².